The highest BCUT2D eigenvalue weighted by molar-refractivity contribution is 5.84. The summed E-state index contributed by atoms with van der Waals surface area (Å²) >= 11 is 0. The summed E-state index contributed by atoms with van der Waals surface area (Å²) in [5.41, 5.74) is 7.40. The van der Waals surface area contributed by atoms with Crippen LogP contribution >= 0.6 is 0 Å². The molecule has 1 N–H and O–H groups in total. The number of nitrogens with zero attached hydrogens (tertiary/aromatic N) is 5. The molecule has 160 valence electrons. The van der Waals surface area contributed by atoms with Gasteiger partial charge in [0.05, 0.1) is 12.2 Å². The first-order valence-corrected chi connectivity index (χ1v) is 10.5. The Morgan fingerprint density at radius 2 is 1.84 bits per heavy atom. The Balaban J connectivity index is 1.41. The second-order valence-corrected chi connectivity index (χ2v) is 7.96. The summed E-state index contributed by atoms with van der Waals surface area (Å²) in [7, 11) is 1.92. The predicted molar refractivity (Wildman–Crippen MR) is 121 cm³/mol. The Kier molecular flexibility index (Phi) is 5.84. The molecule has 1 amide bonds. The van der Waals surface area contributed by atoms with E-state index >= 15 is 0 Å². The van der Waals surface area contributed by atoms with Gasteiger partial charge in [-0.2, -0.15) is 10.2 Å². The molecular weight excluding hydrogens is 388 g/mol. The van der Waals surface area contributed by atoms with E-state index in [1.807, 2.05) is 54.7 Å². The average Bonchev–Trinajstić information content (AvgIpc) is 3.34. The van der Waals surface area contributed by atoms with E-state index in [9.17, 15) is 4.79 Å². The molecule has 0 radical (unpaired) electrons. The van der Waals surface area contributed by atoms with Crippen molar-refractivity contribution in [1.29, 1.82) is 0 Å². The number of aromatic nitrogens is 5. The van der Waals surface area contributed by atoms with E-state index in [1.165, 1.54) is 5.56 Å². The van der Waals surface area contributed by atoms with Crippen LogP contribution in [0.5, 0.6) is 0 Å². The van der Waals surface area contributed by atoms with Crippen molar-refractivity contribution in [1.82, 2.24) is 29.9 Å². The molecule has 3 aromatic heterocycles. The lowest BCUT2D eigenvalue weighted by molar-refractivity contribution is -0.121. The van der Waals surface area contributed by atoms with Gasteiger partial charge in [-0.25, -0.2) is 4.98 Å². The van der Waals surface area contributed by atoms with Gasteiger partial charge in [-0.1, -0.05) is 24.3 Å². The Labute approximate surface area is 182 Å². The molecule has 0 saturated carbocycles. The van der Waals surface area contributed by atoms with Crippen molar-refractivity contribution in [2.75, 3.05) is 0 Å². The van der Waals surface area contributed by atoms with Gasteiger partial charge >= 0.3 is 0 Å². The minimum Gasteiger partial charge on any atom is -0.352 e. The van der Waals surface area contributed by atoms with E-state index in [1.54, 1.807) is 6.20 Å². The van der Waals surface area contributed by atoms with Crippen molar-refractivity contribution in [3.63, 3.8) is 0 Å². The van der Waals surface area contributed by atoms with Crippen molar-refractivity contribution < 1.29 is 4.79 Å². The zero-order valence-electron chi connectivity index (χ0n) is 18.5. The van der Waals surface area contributed by atoms with E-state index in [-0.39, 0.29) is 5.91 Å². The minimum atomic E-state index is 0.0377. The molecule has 0 aliphatic heterocycles. The fraction of sp³-hybridized carbons (Fsp3) is 0.333. The van der Waals surface area contributed by atoms with Gasteiger partial charge in [0.2, 0.25) is 5.91 Å². The van der Waals surface area contributed by atoms with Crippen LogP contribution in [0, 0.1) is 20.8 Å². The molecule has 3 heterocycles. The zero-order chi connectivity index (χ0) is 22.0. The average molecular weight is 417 g/mol. The smallest absolute Gasteiger partial charge is 0.220 e. The number of benzene rings is 1. The lowest BCUT2D eigenvalue weighted by Crippen LogP contribution is -2.24. The Morgan fingerprint density at radius 1 is 1.06 bits per heavy atom. The number of fused-ring (bicyclic) bond motifs is 1. The van der Waals surface area contributed by atoms with Gasteiger partial charge in [0.25, 0.3) is 0 Å². The van der Waals surface area contributed by atoms with Gasteiger partial charge in [-0.05, 0) is 55.5 Å². The van der Waals surface area contributed by atoms with Crippen molar-refractivity contribution in [3.05, 3.63) is 76.4 Å². The highest BCUT2D eigenvalue weighted by atomic mass is 16.1. The number of amides is 1. The molecule has 0 fully saturated rings. The number of carbonyl (C=O) groups is 1. The van der Waals surface area contributed by atoms with Crippen molar-refractivity contribution in [2.24, 2.45) is 7.05 Å². The van der Waals surface area contributed by atoms with Gasteiger partial charge in [0.1, 0.15) is 0 Å². The molecule has 7 nitrogen and oxygen atoms in total. The Hall–Kier alpha value is -3.48. The molecule has 0 unspecified atom stereocenters. The molecule has 31 heavy (non-hydrogen) atoms. The second-order valence-electron chi connectivity index (χ2n) is 7.96. The fourth-order valence-electron chi connectivity index (χ4n) is 4.20. The molecule has 0 spiro atoms. The monoisotopic (exact) mass is 416 g/mol. The quantitative estimate of drug-likeness (QED) is 0.501. The van der Waals surface area contributed by atoms with Gasteiger partial charge in [0, 0.05) is 43.5 Å². The van der Waals surface area contributed by atoms with Crippen LogP contribution < -0.4 is 5.32 Å². The second kappa shape index (κ2) is 8.71. The summed E-state index contributed by atoms with van der Waals surface area (Å²) in [4.78, 5) is 17.3. The van der Waals surface area contributed by atoms with E-state index < -0.39 is 0 Å². The SMILES string of the molecule is Cc1nc2c(c(C)nn2C)c(C)c1CCC(=O)NCc1ccccc1Cn1cccn1. The maximum atomic E-state index is 12.6. The van der Waals surface area contributed by atoms with Crippen LogP contribution in [0.15, 0.2) is 42.7 Å². The topological polar surface area (TPSA) is 77.6 Å². The van der Waals surface area contributed by atoms with E-state index in [0.29, 0.717) is 25.9 Å². The number of carbonyl (C=O) groups excluding carboxylic acids is 1. The Bertz CT molecular complexity index is 1220. The molecule has 7 heteroatoms. The molecule has 4 rings (SSSR count). The number of pyridine rings is 1. The van der Waals surface area contributed by atoms with E-state index in [2.05, 4.69) is 34.6 Å². The Morgan fingerprint density at radius 3 is 2.58 bits per heavy atom. The summed E-state index contributed by atoms with van der Waals surface area (Å²) < 4.78 is 3.71. The normalized spacial score (nSPS) is 11.2. The van der Waals surface area contributed by atoms with Gasteiger partial charge in [-0.15, -0.1) is 0 Å². The summed E-state index contributed by atoms with van der Waals surface area (Å²) in [6.07, 6.45) is 4.80. The number of rotatable bonds is 7. The summed E-state index contributed by atoms with van der Waals surface area (Å²) in [6, 6.07) is 10.0. The van der Waals surface area contributed by atoms with Crippen molar-refractivity contribution in [3.8, 4) is 0 Å². The van der Waals surface area contributed by atoms with Gasteiger partial charge in [-0.3, -0.25) is 14.2 Å². The molecule has 0 bridgehead atoms. The molecule has 0 atom stereocenters. The maximum absolute atomic E-state index is 12.6. The molecular formula is C24H28N6O. The number of aryl methyl sites for hydroxylation is 4. The van der Waals surface area contributed by atoms with Crippen LogP contribution in [0.1, 0.15) is 40.1 Å². The van der Waals surface area contributed by atoms with Crippen LogP contribution in [-0.4, -0.2) is 30.5 Å². The molecule has 0 saturated heterocycles. The van der Waals surface area contributed by atoms with Crippen LogP contribution in [0.4, 0.5) is 0 Å². The summed E-state index contributed by atoms with van der Waals surface area (Å²) in [6.45, 7) is 7.31. The number of hydrogen-bond donors (Lipinski definition) is 1. The molecule has 4 aromatic rings. The third-order valence-corrected chi connectivity index (χ3v) is 5.82. The van der Waals surface area contributed by atoms with Gasteiger partial charge in [0.15, 0.2) is 5.65 Å². The number of hydrogen-bond acceptors (Lipinski definition) is 4. The maximum Gasteiger partial charge on any atom is 0.220 e. The highest BCUT2D eigenvalue weighted by Gasteiger charge is 2.16. The van der Waals surface area contributed by atoms with Crippen LogP contribution in [0.2, 0.25) is 0 Å². The number of nitrogens with one attached hydrogen (secondary N) is 1. The van der Waals surface area contributed by atoms with Crippen LogP contribution in [-0.2, 0) is 31.4 Å². The van der Waals surface area contributed by atoms with Crippen molar-refractivity contribution >= 4 is 16.9 Å². The molecule has 0 aliphatic rings. The standard InChI is InChI=1S/C24H28N6O/c1-16-21(17(2)27-24-23(16)18(3)28-29(24)4)10-11-22(31)25-14-19-8-5-6-9-20(19)15-30-13-7-12-26-30/h5-9,12-13H,10-11,14-15H2,1-4H3,(H,25,31). The lowest BCUT2D eigenvalue weighted by Gasteiger charge is -2.13. The van der Waals surface area contributed by atoms with E-state index in [4.69, 9.17) is 4.98 Å². The zero-order valence-corrected chi connectivity index (χ0v) is 18.5. The minimum absolute atomic E-state index is 0.0377. The molecule has 1 aromatic carbocycles. The van der Waals surface area contributed by atoms with Crippen molar-refractivity contribution in [2.45, 2.75) is 46.7 Å². The molecule has 0 aliphatic carbocycles. The first-order chi connectivity index (χ1) is 14.9. The summed E-state index contributed by atoms with van der Waals surface area (Å²) in [5, 5.41) is 12.9. The summed E-state index contributed by atoms with van der Waals surface area (Å²) in [5.74, 6) is 0.0377. The van der Waals surface area contributed by atoms with Crippen LogP contribution in [0.25, 0.3) is 11.0 Å². The lowest BCUT2D eigenvalue weighted by atomic mass is 9.99. The van der Waals surface area contributed by atoms with Gasteiger partial charge < -0.3 is 5.32 Å². The third-order valence-electron chi connectivity index (χ3n) is 5.82. The predicted octanol–water partition coefficient (Wildman–Crippen LogP) is 3.39. The van der Waals surface area contributed by atoms with E-state index in [0.717, 1.165) is 39.1 Å². The first-order valence-electron chi connectivity index (χ1n) is 10.5. The van der Waals surface area contributed by atoms with Crippen LogP contribution in [0.3, 0.4) is 0 Å². The fourth-order valence-corrected chi connectivity index (χ4v) is 4.20. The third kappa shape index (κ3) is 4.35. The largest absolute Gasteiger partial charge is 0.352 e. The first kappa shape index (κ1) is 20.8. The highest BCUT2D eigenvalue weighted by Crippen LogP contribution is 2.26.